The largest absolute Gasteiger partial charge is 0.494 e. The van der Waals surface area contributed by atoms with Crippen LogP contribution in [0, 0.1) is 5.82 Å². The average Bonchev–Trinajstić information content (AvgIpc) is 2.52. The molecular formula is C16H16FNO3. The van der Waals surface area contributed by atoms with Crippen molar-refractivity contribution in [1.29, 1.82) is 0 Å². The van der Waals surface area contributed by atoms with Crippen LogP contribution in [0.5, 0.6) is 5.75 Å². The van der Waals surface area contributed by atoms with Gasteiger partial charge < -0.3 is 14.8 Å². The van der Waals surface area contributed by atoms with Gasteiger partial charge in [-0.2, -0.15) is 0 Å². The number of benzene rings is 2. The lowest BCUT2D eigenvalue weighted by molar-refractivity contribution is 0.0601. The molecule has 0 saturated carbocycles. The number of methoxy groups -OCH3 is 2. The maximum atomic E-state index is 13.6. The monoisotopic (exact) mass is 289 g/mol. The maximum absolute atomic E-state index is 13.6. The van der Waals surface area contributed by atoms with E-state index in [4.69, 9.17) is 4.74 Å². The van der Waals surface area contributed by atoms with Crippen molar-refractivity contribution in [3.05, 3.63) is 59.4 Å². The normalized spacial score (nSPS) is 10.0. The lowest BCUT2D eigenvalue weighted by atomic mass is 10.2. The number of anilines is 1. The highest BCUT2D eigenvalue weighted by Gasteiger charge is 2.05. The molecule has 4 nitrogen and oxygen atoms in total. The molecule has 0 bridgehead atoms. The highest BCUT2D eigenvalue weighted by Crippen LogP contribution is 2.18. The molecule has 0 aliphatic heterocycles. The molecule has 1 N–H and O–H groups in total. The van der Waals surface area contributed by atoms with E-state index in [0.29, 0.717) is 12.1 Å². The Hall–Kier alpha value is -2.56. The van der Waals surface area contributed by atoms with E-state index in [1.54, 1.807) is 36.4 Å². The quantitative estimate of drug-likeness (QED) is 0.858. The molecule has 0 heterocycles. The number of ether oxygens (including phenoxy) is 2. The van der Waals surface area contributed by atoms with Crippen molar-refractivity contribution in [1.82, 2.24) is 0 Å². The van der Waals surface area contributed by atoms with Gasteiger partial charge in [0.2, 0.25) is 0 Å². The molecule has 110 valence electrons. The smallest absolute Gasteiger partial charge is 0.337 e. The third kappa shape index (κ3) is 3.72. The zero-order chi connectivity index (χ0) is 15.2. The number of carbonyl (C=O) groups is 1. The maximum Gasteiger partial charge on any atom is 0.337 e. The lowest BCUT2D eigenvalue weighted by Crippen LogP contribution is -2.03. The van der Waals surface area contributed by atoms with Crippen LogP contribution in [-0.4, -0.2) is 20.2 Å². The van der Waals surface area contributed by atoms with E-state index >= 15 is 0 Å². The molecule has 0 aromatic heterocycles. The molecule has 0 unspecified atom stereocenters. The summed E-state index contributed by atoms with van der Waals surface area (Å²) in [6.07, 6.45) is 0. The van der Waals surface area contributed by atoms with E-state index in [0.717, 1.165) is 11.3 Å². The van der Waals surface area contributed by atoms with E-state index in [2.05, 4.69) is 10.1 Å². The van der Waals surface area contributed by atoms with E-state index < -0.39 is 5.82 Å². The molecule has 2 rings (SSSR count). The van der Waals surface area contributed by atoms with Crippen LogP contribution in [0.1, 0.15) is 15.9 Å². The van der Waals surface area contributed by atoms with Gasteiger partial charge >= 0.3 is 5.97 Å². The van der Waals surface area contributed by atoms with Crippen LogP contribution < -0.4 is 10.1 Å². The van der Waals surface area contributed by atoms with E-state index in [1.165, 1.54) is 20.3 Å². The average molecular weight is 289 g/mol. The fourth-order valence-corrected chi connectivity index (χ4v) is 1.87. The number of hydrogen-bond acceptors (Lipinski definition) is 4. The van der Waals surface area contributed by atoms with Crippen molar-refractivity contribution >= 4 is 11.7 Å². The molecule has 2 aromatic rings. The predicted molar refractivity (Wildman–Crippen MR) is 78.1 cm³/mol. The van der Waals surface area contributed by atoms with Gasteiger partial charge in [-0.25, -0.2) is 9.18 Å². The van der Waals surface area contributed by atoms with Crippen molar-refractivity contribution in [3.8, 4) is 5.75 Å². The van der Waals surface area contributed by atoms with Crippen LogP contribution in [0.15, 0.2) is 42.5 Å². The van der Waals surface area contributed by atoms with Crippen molar-refractivity contribution in [2.75, 3.05) is 19.5 Å². The predicted octanol–water partition coefficient (Wildman–Crippen LogP) is 3.23. The topological polar surface area (TPSA) is 47.6 Å². The van der Waals surface area contributed by atoms with Crippen molar-refractivity contribution in [2.45, 2.75) is 6.54 Å². The molecule has 0 aliphatic rings. The van der Waals surface area contributed by atoms with Crippen molar-refractivity contribution < 1.29 is 18.7 Å². The van der Waals surface area contributed by atoms with Gasteiger partial charge in [-0.15, -0.1) is 0 Å². The fourth-order valence-electron chi connectivity index (χ4n) is 1.87. The van der Waals surface area contributed by atoms with E-state index in [9.17, 15) is 9.18 Å². The summed E-state index contributed by atoms with van der Waals surface area (Å²) in [5.41, 5.74) is 2.11. The Morgan fingerprint density at radius 3 is 2.43 bits per heavy atom. The Balaban J connectivity index is 1.99. The summed E-state index contributed by atoms with van der Waals surface area (Å²) in [6, 6.07) is 11.7. The molecule has 2 aromatic carbocycles. The minimum atomic E-state index is -0.391. The third-order valence-electron chi connectivity index (χ3n) is 3.02. The van der Waals surface area contributed by atoms with Gasteiger partial charge in [0.15, 0.2) is 11.6 Å². The number of carbonyl (C=O) groups excluding carboxylic acids is 1. The first-order valence-electron chi connectivity index (χ1n) is 6.38. The molecule has 0 atom stereocenters. The molecule has 0 spiro atoms. The van der Waals surface area contributed by atoms with Gasteiger partial charge in [0.25, 0.3) is 0 Å². The molecule has 0 fully saturated rings. The molecule has 0 amide bonds. The second kappa shape index (κ2) is 6.74. The second-order valence-corrected chi connectivity index (χ2v) is 4.39. The summed E-state index contributed by atoms with van der Waals surface area (Å²) in [7, 11) is 2.77. The molecular weight excluding hydrogens is 273 g/mol. The highest BCUT2D eigenvalue weighted by atomic mass is 19.1. The summed E-state index contributed by atoms with van der Waals surface area (Å²) in [6.45, 7) is 0.471. The minimum Gasteiger partial charge on any atom is -0.494 e. The first kappa shape index (κ1) is 14.8. The van der Waals surface area contributed by atoms with Gasteiger partial charge in [0, 0.05) is 12.2 Å². The van der Waals surface area contributed by atoms with E-state index in [1.807, 2.05) is 0 Å². The first-order valence-corrected chi connectivity index (χ1v) is 6.38. The molecule has 0 radical (unpaired) electrons. The Morgan fingerprint density at radius 1 is 1.14 bits per heavy atom. The number of nitrogens with one attached hydrogen (secondary N) is 1. The van der Waals surface area contributed by atoms with Crippen LogP contribution in [0.3, 0.4) is 0 Å². The minimum absolute atomic E-state index is 0.223. The van der Waals surface area contributed by atoms with Gasteiger partial charge in [-0.05, 0) is 42.0 Å². The van der Waals surface area contributed by atoms with Gasteiger partial charge in [-0.1, -0.05) is 6.07 Å². The van der Waals surface area contributed by atoms with Crippen LogP contribution in [0.25, 0.3) is 0 Å². The fraction of sp³-hybridized carbons (Fsp3) is 0.188. The van der Waals surface area contributed by atoms with Gasteiger partial charge in [0.05, 0.1) is 19.8 Å². The summed E-state index contributed by atoms with van der Waals surface area (Å²) in [5, 5.41) is 3.15. The Labute approximate surface area is 122 Å². The summed E-state index contributed by atoms with van der Waals surface area (Å²) >= 11 is 0. The van der Waals surface area contributed by atoms with Gasteiger partial charge in [-0.3, -0.25) is 0 Å². The lowest BCUT2D eigenvalue weighted by Gasteiger charge is -2.08. The molecule has 0 saturated heterocycles. The summed E-state index contributed by atoms with van der Waals surface area (Å²) in [4.78, 5) is 11.3. The number of rotatable bonds is 5. The van der Waals surface area contributed by atoms with Crippen LogP contribution in [-0.2, 0) is 11.3 Å². The highest BCUT2D eigenvalue weighted by molar-refractivity contribution is 5.89. The Kier molecular flexibility index (Phi) is 4.77. The number of hydrogen-bond donors (Lipinski definition) is 1. The number of esters is 1. The van der Waals surface area contributed by atoms with Crippen LogP contribution >= 0.6 is 0 Å². The molecule has 21 heavy (non-hydrogen) atoms. The summed E-state index contributed by atoms with van der Waals surface area (Å²) < 4.78 is 23.1. The summed E-state index contributed by atoms with van der Waals surface area (Å²) in [5.74, 6) is -0.544. The van der Waals surface area contributed by atoms with Crippen LogP contribution in [0.2, 0.25) is 0 Å². The molecule has 5 heteroatoms. The Bertz CT molecular complexity index is 626. The van der Waals surface area contributed by atoms with Crippen LogP contribution in [0.4, 0.5) is 10.1 Å². The van der Waals surface area contributed by atoms with Crippen molar-refractivity contribution in [3.63, 3.8) is 0 Å². The van der Waals surface area contributed by atoms with Crippen molar-refractivity contribution in [2.24, 2.45) is 0 Å². The second-order valence-electron chi connectivity index (χ2n) is 4.39. The SMILES string of the molecule is COC(=O)c1ccc(NCc2ccc(OC)c(F)c2)cc1. The molecule has 0 aliphatic carbocycles. The zero-order valence-corrected chi connectivity index (χ0v) is 11.9. The number of halogens is 1. The standard InChI is InChI=1S/C16H16FNO3/c1-20-15-8-3-11(9-14(15)17)10-18-13-6-4-12(5-7-13)16(19)21-2/h3-9,18H,10H2,1-2H3. The zero-order valence-electron chi connectivity index (χ0n) is 11.9. The van der Waals surface area contributed by atoms with E-state index in [-0.39, 0.29) is 11.7 Å². The Morgan fingerprint density at radius 2 is 1.86 bits per heavy atom. The first-order chi connectivity index (χ1) is 10.1. The third-order valence-corrected chi connectivity index (χ3v) is 3.02. The van der Waals surface area contributed by atoms with Gasteiger partial charge in [0.1, 0.15) is 0 Å².